The van der Waals surface area contributed by atoms with Crippen LogP contribution in [0.1, 0.15) is 40.2 Å². The molecule has 0 amide bonds. The fourth-order valence-corrected chi connectivity index (χ4v) is 3.82. The minimum Gasteiger partial charge on any atom is -0.353 e. The van der Waals surface area contributed by atoms with Crippen molar-refractivity contribution in [3.63, 3.8) is 0 Å². The lowest BCUT2D eigenvalue weighted by Crippen LogP contribution is -2.04. The Hall–Kier alpha value is -1.98. The van der Waals surface area contributed by atoms with E-state index in [0.29, 0.717) is 4.88 Å². The van der Waals surface area contributed by atoms with Crippen LogP contribution in [-0.4, -0.2) is 15.8 Å². The van der Waals surface area contributed by atoms with Crippen molar-refractivity contribution in [2.75, 3.05) is 0 Å². The Morgan fingerprint density at radius 1 is 1.48 bits per heavy atom. The molecule has 3 N–H and O–H groups in total. The molecular formula is C16H15N3OS. The normalized spacial score (nSPS) is 17.3. The highest BCUT2D eigenvalue weighted by atomic mass is 32.1. The standard InChI is InChI=1S/C16H15N3OS/c1-8(20)15-7-18-16(21-15)14-6-11-9-2-4-12(17)10(9)3-5-13(11)19-14/h3,5-7,12,19H,2,4,17H2,1H3/t12-/m1/s1. The van der Waals surface area contributed by atoms with Crippen LogP contribution in [0.4, 0.5) is 0 Å². The Kier molecular flexibility index (Phi) is 2.74. The fraction of sp³-hybridized carbons (Fsp3) is 0.250. The van der Waals surface area contributed by atoms with Gasteiger partial charge in [0.25, 0.3) is 0 Å². The molecule has 1 aromatic carbocycles. The first kappa shape index (κ1) is 12.7. The number of hydrogen-bond acceptors (Lipinski definition) is 4. The van der Waals surface area contributed by atoms with Crippen LogP contribution in [0.15, 0.2) is 24.4 Å². The van der Waals surface area contributed by atoms with Crippen molar-refractivity contribution in [3.8, 4) is 10.7 Å². The van der Waals surface area contributed by atoms with Crippen molar-refractivity contribution < 1.29 is 4.79 Å². The third-order valence-corrected chi connectivity index (χ3v) is 5.27. The number of hydrogen-bond donors (Lipinski definition) is 2. The molecule has 3 aromatic rings. The van der Waals surface area contributed by atoms with Gasteiger partial charge in [-0.2, -0.15) is 0 Å². The summed E-state index contributed by atoms with van der Waals surface area (Å²) in [6, 6.07) is 6.50. The molecule has 0 aliphatic heterocycles. The number of thiazole rings is 1. The van der Waals surface area contributed by atoms with Gasteiger partial charge in [0.15, 0.2) is 5.78 Å². The molecule has 2 heterocycles. The minimum atomic E-state index is 0.0572. The Morgan fingerprint density at radius 2 is 2.33 bits per heavy atom. The van der Waals surface area contributed by atoms with Gasteiger partial charge in [0.2, 0.25) is 0 Å². The van der Waals surface area contributed by atoms with E-state index >= 15 is 0 Å². The third-order valence-electron chi connectivity index (χ3n) is 4.14. The zero-order chi connectivity index (χ0) is 14.6. The van der Waals surface area contributed by atoms with Crippen LogP contribution >= 0.6 is 11.3 Å². The zero-order valence-electron chi connectivity index (χ0n) is 11.6. The first-order chi connectivity index (χ1) is 10.1. The molecule has 1 aliphatic carbocycles. The molecule has 0 bridgehead atoms. The van der Waals surface area contributed by atoms with Crippen molar-refractivity contribution in [2.24, 2.45) is 5.73 Å². The Morgan fingerprint density at radius 3 is 3.10 bits per heavy atom. The molecule has 0 saturated carbocycles. The van der Waals surface area contributed by atoms with Crippen molar-refractivity contribution in [1.29, 1.82) is 0 Å². The first-order valence-electron chi connectivity index (χ1n) is 7.00. The van der Waals surface area contributed by atoms with E-state index in [1.807, 2.05) is 0 Å². The third kappa shape index (κ3) is 1.92. The van der Waals surface area contributed by atoms with Crippen LogP contribution < -0.4 is 5.73 Å². The number of aromatic nitrogens is 2. The van der Waals surface area contributed by atoms with Crippen molar-refractivity contribution in [2.45, 2.75) is 25.8 Å². The SMILES string of the molecule is CC(=O)c1cnc(-c2cc3c4c(ccc3[nH]2)[C@H](N)CC4)s1. The molecule has 1 atom stereocenters. The topological polar surface area (TPSA) is 71.8 Å². The molecule has 4 rings (SSSR count). The molecule has 0 fully saturated rings. The number of ketones is 1. The molecule has 0 unspecified atom stereocenters. The van der Waals surface area contributed by atoms with Gasteiger partial charge in [-0.3, -0.25) is 4.79 Å². The lowest BCUT2D eigenvalue weighted by Gasteiger charge is -2.04. The summed E-state index contributed by atoms with van der Waals surface area (Å²) in [5.74, 6) is 0.0572. The van der Waals surface area contributed by atoms with Gasteiger partial charge >= 0.3 is 0 Å². The largest absolute Gasteiger partial charge is 0.353 e. The van der Waals surface area contributed by atoms with Gasteiger partial charge < -0.3 is 10.7 Å². The van der Waals surface area contributed by atoms with Gasteiger partial charge in [-0.1, -0.05) is 6.07 Å². The van der Waals surface area contributed by atoms with Crippen molar-refractivity contribution >= 4 is 28.0 Å². The summed E-state index contributed by atoms with van der Waals surface area (Å²) in [5, 5.41) is 2.09. The average molecular weight is 297 g/mol. The molecule has 2 aromatic heterocycles. The average Bonchev–Trinajstić information content (AvgIpc) is 3.14. The number of Topliss-reactive ketones (excluding diaryl/α,β-unsaturated/α-hetero) is 1. The maximum atomic E-state index is 11.4. The molecule has 0 spiro atoms. The number of H-pyrrole nitrogens is 1. The second-order valence-electron chi connectivity index (χ2n) is 5.51. The highest BCUT2D eigenvalue weighted by Gasteiger charge is 2.22. The second-order valence-corrected chi connectivity index (χ2v) is 6.54. The number of nitrogens with zero attached hydrogens (tertiary/aromatic N) is 1. The maximum Gasteiger partial charge on any atom is 0.171 e. The van der Waals surface area contributed by atoms with Crippen LogP contribution in [0.25, 0.3) is 21.6 Å². The summed E-state index contributed by atoms with van der Waals surface area (Å²) >= 11 is 1.43. The van der Waals surface area contributed by atoms with E-state index in [-0.39, 0.29) is 11.8 Å². The molecular weight excluding hydrogens is 282 g/mol. The summed E-state index contributed by atoms with van der Waals surface area (Å²) < 4.78 is 0. The predicted octanol–water partition coefficient (Wildman–Crippen LogP) is 3.44. The zero-order valence-corrected chi connectivity index (χ0v) is 12.5. The quantitative estimate of drug-likeness (QED) is 0.712. The summed E-state index contributed by atoms with van der Waals surface area (Å²) in [6.07, 6.45) is 3.69. The Labute approximate surface area is 126 Å². The number of aryl methyl sites for hydroxylation is 1. The van der Waals surface area contributed by atoms with Gasteiger partial charge in [-0.15, -0.1) is 11.3 Å². The van der Waals surface area contributed by atoms with Crippen LogP contribution in [0.3, 0.4) is 0 Å². The number of carbonyl (C=O) groups is 1. The van der Waals surface area contributed by atoms with Crippen LogP contribution in [0.5, 0.6) is 0 Å². The van der Waals surface area contributed by atoms with Gasteiger partial charge in [0.05, 0.1) is 10.6 Å². The second kappa shape index (κ2) is 4.51. The lowest BCUT2D eigenvalue weighted by atomic mass is 10.0. The molecule has 0 radical (unpaired) electrons. The number of carbonyl (C=O) groups excluding carboxylic acids is 1. The summed E-state index contributed by atoms with van der Waals surface area (Å²) in [6.45, 7) is 1.57. The fourth-order valence-electron chi connectivity index (χ4n) is 3.04. The van der Waals surface area contributed by atoms with Crippen LogP contribution in [0, 0.1) is 0 Å². The van der Waals surface area contributed by atoms with E-state index in [1.54, 1.807) is 13.1 Å². The molecule has 0 saturated heterocycles. The number of nitrogens with two attached hydrogens (primary N) is 1. The van der Waals surface area contributed by atoms with E-state index in [9.17, 15) is 4.79 Å². The number of aromatic amines is 1. The van der Waals surface area contributed by atoms with Crippen molar-refractivity contribution in [1.82, 2.24) is 9.97 Å². The number of fused-ring (bicyclic) bond motifs is 3. The smallest absolute Gasteiger partial charge is 0.171 e. The van der Waals surface area contributed by atoms with Crippen LogP contribution in [0.2, 0.25) is 0 Å². The Bertz CT molecular complexity index is 862. The minimum absolute atomic E-state index is 0.0572. The van der Waals surface area contributed by atoms with E-state index in [2.05, 4.69) is 28.2 Å². The van der Waals surface area contributed by atoms with Gasteiger partial charge in [0.1, 0.15) is 5.01 Å². The predicted molar refractivity (Wildman–Crippen MR) is 84.7 cm³/mol. The highest BCUT2D eigenvalue weighted by molar-refractivity contribution is 7.16. The molecule has 106 valence electrons. The number of nitrogens with one attached hydrogen (secondary N) is 1. The summed E-state index contributed by atoms with van der Waals surface area (Å²) in [7, 11) is 0. The Balaban J connectivity index is 1.85. The molecule has 5 heteroatoms. The molecule has 21 heavy (non-hydrogen) atoms. The molecule has 4 nitrogen and oxygen atoms in total. The highest BCUT2D eigenvalue weighted by Crippen LogP contribution is 2.37. The van der Waals surface area contributed by atoms with Gasteiger partial charge in [-0.05, 0) is 36.1 Å². The lowest BCUT2D eigenvalue weighted by molar-refractivity contribution is 0.102. The van der Waals surface area contributed by atoms with E-state index in [4.69, 9.17) is 5.73 Å². The van der Waals surface area contributed by atoms with Crippen LogP contribution in [-0.2, 0) is 6.42 Å². The summed E-state index contributed by atoms with van der Waals surface area (Å²) in [5.41, 5.74) is 10.8. The first-order valence-corrected chi connectivity index (χ1v) is 7.82. The van der Waals surface area contributed by atoms with E-state index < -0.39 is 0 Å². The summed E-state index contributed by atoms with van der Waals surface area (Å²) in [4.78, 5) is 19.8. The maximum absolute atomic E-state index is 11.4. The number of benzene rings is 1. The van der Waals surface area contributed by atoms with Crippen molar-refractivity contribution in [3.05, 3.63) is 40.4 Å². The van der Waals surface area contributed by atoms with Gasteiger partial charge in [0, 0.05) is 30.1 Å². The molecule has 1 aliphatic rings. The number of rotatable bonds is 2. The van der Waals surface area contributed by atoms with Gasteiger partial charge in [-0.25, -0.2) is 4.98 Å². The monoisotopic (exact) mass is 297 g/mol. The van der Waals surface area contributed by atoms with E-state index in [1.165, 1.54) is 27.8 Å². The van der Waals surface area contributed by atoms with E-state index in [0.717, 1.165) is 29.1 Å².